The summed E-state index contributed by atoms with van der Waals surface area (Å²) < 4.78 is 4.76. The van der Waals surface area contributed by atoms with E-state index in [0.29, 0.717) is 0 Å². The minimum atomic E-state index is 0.911. The molecule has 0 radical (unpaired) electrons. The number of benzene rings is 4. The predicted molar refractivity (Wildman–Crippen MR) is 195 cm³/mol. The van der Waals surface area contributed by atoms with Gasteiger partial charge in [0.25, 0.3) is 0 Å². The number of aromatic nitrogens is 2. The van der Waals surface area contributed by atoms with Gasteiger partial charge in [-0.25, -0.2) is 0 Å². The highest BCUT2D eigenvalue weighted by atomic mass is 14.9. The highest BCUT2D eigenvalue weighted by Gasteiger charge is 2.12. The van der Waals surface area contributed by atoms with Crippen LogP contribution in [-0.2, 0) is 13.1 Å². The molecule has 0 N–H and O–H groups in total. The fourth-order valence-corrected chi connectivity index (χ4v) is 6.61. The molecule has 6 rings (SSSR count). The van der Waals surface area contributed by atoms with Crippen molar-refractivity contribution in [3.8, 4) is 0 Å². The Morgan fingerprint density at radius 1 is 0.432 bits per heavy atom. The second-order valence-electron chi connectivity index (χ2n) is 13.1. The average Bonchev–Trinajstić information content (AvgIpc) is 3.62. The van der Waals surface area contributed by atoms with Crippen LogP contribution in [0.1, 0.15) is 67.2 Å². The van der Waals surface area contributed by atoms with Crippen molar-refractivity contribution < 1.29 is 0 Å². The van der Waals surface area contributed by atoms with Gasteiger partial charge >= 0.3 is 0 Å². The Morgan fingerprint density at radius 3 is 1.14 bits per heavy atom. The molecule has 0 spiro atoms. The summed E-state index contributed by atoms with van der Waals surface area (Å²) in [6.45, 7) is 15.0. The smallest absolute Gasteiger partial charge is 0.0489 e. The van der Waals surface area contributed by atoms with Gasteiger partial charge in [0.05, 0.1) is 0 Å². The molecule has 0 atom stereocenters. The van der Waals surface area contributed by atoms with Gasteiger partial charge in [0.15, 0.2) is 0 Å². The Labute approximate surface area is 262 Å². The topological polar surface area (TPSA) is 9.86 Å². The number of fused-ring (bicyclic) bond motifs is 9. The molecule has 0 bridgehead atoms. The van der Waals surface area contributed by atoms with E-state index in [4.69, 9.17) is 0 Å². The van der Waals surface area contributed by atoms with Gasteiger partial charge in [-0.05, 0) is 124 Å². The van der Waals surface area contributed by atoms with Crippen molar-refractivity contribution in [2.24, 2.45) is 0 Å². The van der Waals surface area contributed by atoms with E-state index in [1.54, 1.807) is 0 Å². The molecular formula is C42H46N2. The minimum absolute atomic E-state index is 0.911. The van der Waals surface area contributed by atoms with E-state index >= 15 is 0 Å². The van der Waals surface area contributed by atoms with Gasteiger partial charge in [-0.3, -0.25) is 0 Å². The van der Waals surface area contributed by atoms with Gasteiger partial charge in [-0.15, -0.1) is 0 Å². The molecule has 0 unspecified atom stereocenters. The Hall–Kier alpha value is -4.30. The lowest BCUT2D eigenvalue weighted by atomic mass is 9.94. The Bertz CT molecular complexity index is 1960. The molecule has 0 saturated carbocycles. The molecule has 2 heterocycles. The monoisotopic (exact) mass is 578 g/mol. The maximum atomic E-state index is 2.38. The molecule has 2 aromatic heterocycles. The second-order valence-corrected chi connectivity index (χ2v) is 13.1. The molecule has 6 aromatic rings. The second kappa shape index (κ2) is 12.7. The van der Waals surface area contributed by atoms with Crippen LogP contribution in [0, 0.1) is 0 Å². The van der Waals surface area contributed by atoms with E-state index in [2.05, 4.69) is 148 Å². The highest BCUT2D eigenvalue weighted by molar-refractivity contribution is 6.24. The largest absolute Gasteiger partial charge is 0.344 e. The standard InChI is InChI=1S/C42H46N2/c1-29(2)9-7-11-31(5)21-25-43-27-23-39-37-15-13-34-33(35(37)17-19-41(39)43)14-16-38-36(34)18-20-42-40(38)24-28-44(42)26-22-32(6)12-8-10-30(3)4/h9-10,13-24,27-28H,7-8,11-12,25-26H2,1-6H3/b31-21+,32-22+. The van der Waals surface area contributed by atoms with Gasteiger partial charge < -0.3 is 9.13 Å². The maximum Gasteiger partial charge on any atom is 0.0489 e. The third kappa shape index (κ3) is 6.04. The summed E-state index contributed by atoms with van der Waals surface area (Å²) in [6, 6.07) is 23.2. The summed E-state index contributed by atoms with van der Waals surface area (Å²) in [5.41, 5.74) is 8.30. The minimum Gasteiger partial charge on any atom is -0.344 e. The van der Waals surface area contributed by atoms with Crippen molar-refractivity contribution in [2.45, 2.75) is 80.3 Å². The lowest BCUT2D eigenvalue weighted by Gasteiger charge is -2.11. The van der Waals surface area contributed by atoms with E-state index in [1.165, 1.54) is 76.4 Å². The molecule has 0 aliphatic heterocycles. The van der Waals surface area contributed by atoms with Crippen molar-refractivity contribution in [1.82, 2.24) is 9.13 Å². The van der Waals surface area contributed by atoms with Crippen molar-refractivity contribution >= 4 is 54.1 Å². The van der Waals surface area contributed by atoms with Gasteiger partial charge in [0.1, 0.15) is 0 Å². The molecule has 2 nitrogen and oxygen atoms in total. The first-order valence-electron chi connectivity index (χ1n) is 16.2. The van der Waals surface area contributed by atoms with Crippen LogP contribution < -0.4 is 0 Å². The molecule has 0 aliphatic rings. The van der Waals surface area contributed by atoms with Crippen molar-refractivity contribution in [2.75, 3.05) is 0 Å². The molecule has 4 aromatic carbocycles. The Kier molecular flexibility index (Phi) is 8.62. The normalized spacial score (nSPS) is 12.7. The van der Waals surface area contributed by atoms with E-state index in [1.807, 2.05) is 0 Å². The zero-order valence-electron chi connectivity index (χ0n) is 27.4. The van der Waals surface area contributed by atoms with Gasteiger partial charge in [0, 0.05) is 47.3 Å². The first kappa shape index (κ1) is 29.8. The number of rotatable bonds is 10. The third-order valence-corrected chi connectivity index (χ3v) is 9.15. The number of hydrogen-bond acceptors (Lipinski definition) is 0. The summed E-state index contributed by atoms with van der Waals surface area (Å²) in [4.78, 5) is 0. The van der Waals surface area contributed by atoms with Gasteiger partial charge in [-0.1, -0.05) is 83.0 Å². The molecule has 0 saturated heterocycles. The highest BCUT2D eigenvalue weighted by Crippen LogP contribution is 2.37. The average molecular weight is 579 g/mol. The van der Waals surface area contributed by atoms with Gasteiger partial charge in [0.2, 0.25) is 0 Å². The Morgan fingerprint density at radius 2 is 0.773 bits per heavy atom. The van der Waals surface area contributed by atoms with E-state index in [0.717, 1.165) is 38.8 Å². The molecule has 0 amide bonds. The zero-order valence-corrected chi connectivity index (χ0v) is 27.4. The lowest BCUT2D eigenvalue weighted by Crippen LogP contribution is -1.94. The molecule has 44 heavy (non-hydrogen) atoms. The fourth-order valence-electron chi connectivity index (χ4n) is 6.61. The van der Waals surface area contributed by atoms with Crippen LogP contribution in [0.25, 0.3) is 54.1 Å². The molecule has 2 heteroatoms. The first-order valence-corrected chi connectivity index (χ1v) is 16.2. The fraction of sp³-hybridized carbons (Fsp3) is 0.286. The summed E-state index contributed by atoms with van der Waals surface area (Å²) in [5, 5.41) is 10.6. The molecular weight excluding hydrogens is 532 g/mol. The maximum absolute atomic E-state index is 2.38. The van der Waals surface area contributed by atoms with Crippen LogP contribution in [0.4, 0.5) is 0 Å². The van der Waals surface area contributed by atoms with Crippen LogP contribution in [-0.4, -0.2) is 9.13 Å². The van der Waals surface area contributed by atoms with E-state index in [9.17, 15) is 0 Å². The van der Waals surface area contributed by atoms with Crippen LogP contribution >= 0.6 is 0 Å². The van der Waals surface area contributed by atoms with Gasteiger partial charge in [-0.2, -0.15) is 0 Å². The molecule has 0 fully saturated rings. The summed E-state index contributed by atoms with van der Waals surface area (Å²) in [6.07, 6.45) is 18.4. The SMILES string of the molecule is CC(C)=CCC/C(C)=C/Cn1ccc2c3ccc4c(ccc5c4ccc4c5ccn4C/C=C(\C)CCC=C(C)C)c3ccc21. The van der Waals surface area contributed by atoms with Crippen LogP contribution in [0.5, 0.6) is 0 Å². The summed E-state index contributed by atoms with van der Waals surface area (Å²) in [5.74, 6) is 0. The van der Waals surface area contributed by atoms with Crippen LogP contribution in [0.2, 0.25) is 0 Å². The predicted octanol–water partition coefficient (Wildman–Crippen LogP) is 12.4. The van der Waals surface area contributed by atoms with E-state index in [-0.39, 0.29) is 0 Å². The zero-order chi connectivity index (χ0) is 30.8. The third-order valence-electron chi connectivity index (χ3n) is 9.15. The summed E-state index contributed by atoms with van der Waals surface area (Å²) in [7, 11) is 0. The van der Waals surface area contributed by atoms with Crippen molar-refractivity contribution in [3.05, 3.63) is 120 Å². The molecule has 224 valence electrons. The quantitative estimate of drug-likeness (QED) is 0.113. The van der Waals surface area contributed by atoms with Crippen molar-refractivity contribution in [3.63, 3.8) is 0 Å². The van der Waals surface area contributed by atoms with Crippen LogP contribution in [0.15, 0.2) is 120 Å². The number of allylic oxidation sites excluding steroid dienone is 8. The van der Waals surface area contributed by atoms with Crippen molar-refractivity contribution in [1.29, 1.82) is 0 Å². The number of hydrogen-bond donors (Lipinski definition) is 0. The molecule has 0 aliphatic carbocycles. The lowest BCUT2D eigenvalue weighted by molar-refractivity contribution is 0.842. The number of nitrogens with zero attached hydrogens (tertiary/aromatic N) is 2. The summed E-state index contributed by atoms with van der Waals surface area (Å²) >= 11 is 0. The van der Waals surface area contributed by atoms with E-state index < -0.39 is 0 Å². The Balaban J connectivity index is 1.30. The first-order chi connectivity index (χ1) is 21.3. The van der Waals surface area contributed by atoms with Crippen LogP contribution in [0.3, 0.4) is 0 Å².